The third-order valence-corrected chi connectivity index (χ3v) is 12.5. The molecule has 3 aromatic rings. The van der Waals surface area contributed by atoms with E-state index in [4.69, 9.17) is 0 Å². The van der Waals surface area contributed by atoms with Crippen LogP contribution in [0.15, 0.2) is 54.7 Å². The van der Waals surface area contributed by atoms with Crippen LogP contribution in [0.2, 0.25) is 0 Å². The van der Waals surface area contributed by atoms with Gasteiger partial charge in [-0.25, -0.2) is 0 Å². The summed E-state index contributed by atoms with van der Waals surface area (Å²) >= 11 is -1.13. The number of amides is 1. The van der Waals surface area contributed by atoms with Crippen LogP contribution in [0.4, 0.5) is 24.7 Å². The first-order valence-electron chi connectivity index (χ1n) is 11.5. The Bertz CT molecular complexity index is 1220. The molecule has 1 saturated heterocycles. The fraction of sp³-hybridized carbons (Fsp3) is 0.308. The Morgan fingerprint density at radius 3 is 2.71 bits per heavy atom. The van der Waals surface area contributed by atoms with Gasteiger partial charge in [-0.05, 0) is 0 Å². The van der Waals surface area contributed by atoms with Crippen LogP contribution in [-0.4, -0.2) is 75.1 Å². The third kappa shape index (κ3) is 6.63. The number of carbonyl (C=O) groups is 1. The molecule has 0 unspecified atom stereocenters. The maximum atomic E-state index is 14.0. The van der Waals surface area contributed by atoms with Gasteiger partial charge in [0.15, 0.2) is 0 Å². The van der Waals surface area contributed by atoms with E-state index in [0.717, 1.165) is 0 Å². The second-order valence-electron chi connectivity index (χ2n) is 8.79. The van der Waals surface area contributed by atoms with Crippen LogP contribution in [0, 0.1) is 12.7 Å². The second-order valence-corrected chi connectivity index (χ2v) is 18.0. The van der Waals surface area contributed by atoms with Gasteiger partial charge in [0, 0.05) is 0 Å². The van der Waals surface area contributed by atoms with Crippen LogP contribution in [0.1, 0.15) is 35.2 Å². The Labute approximate surface area is 227 Å². The predicted octanol–water partition coefficient (Wildman–Crippen LogP) is 5.68. The van der Waals surface area contributed by atoms with E-state index in [0.29, 0.717) is 46.7 Å². The van der Waals surface area contributed by atoms with Crippen molar-refractivity contribution >= 4 is 61.7 Å². The number of nitrogens with zero attached hydrogens (tertiary/aromatic N) is 2. The van der Waals surface area contributed by atoms with Gasteiger partial charge in [-0.15, -0.1) is 0 Å². The second kappa shape index (κ2) is 11.7. The summed E-state index contributed by atoms with van der Waals surface area (Å²) in [7, 11) is 0. The molecule has 1 amide bonds. The zero-order chi connectivity index (χ0) is 25.0. The van der Waals surface area contributed by atoms with Crippen LogP contribution in [-0.2, 0) is 0 Å². The van der Waals surface area contributed by atoms with Crippen LogP contribution in [0.5, 0.6) is 0 Å². The summed E-state index contributed by atoms with van der Waals surface area (Å²) < 4.78 is 45.2. The average molecular weight is 573 g/mol. The number of alkyl halides is 2. The molecule has 0 bridgehead atoms. The first kappa shape index (κ1) is 26.5. The van der Waals surface area contributed by atoms with Crippen molar-refractivity contribution in [2.24, 2.45) is 0 Å². The molecule has 1 fully saturated rings. The van der Waals surface area contributed by atoms with Gasteiger partial charge in [0.25, 0.3) is 0 Å². The summed E-state index contributed by atoms with van der Waals surface area (Å²) in [6.07, 6.45) is 3.55. The summed E-state index contributed by atoms with van der Waals surface area (Å²) in [4.78, 5) is 20.0. The fourth-order valence-electron chi connectivity index (χ4n) is 4.42. The van der Waals surface area contributed by atoms with Crippen LogP contribution in [0.3, 0.4) is 0 Å². The van der Waals surface area contributed by atoms with E-state index < -0.39 is 44.9 Å². The zero-order valence-electron chi connectivity index (χ0n) is 19.8. The van der Waals surface area contributed by atoms with Crippen molar-refractivity contribution in [3.63, 3.8) is 0 Å². The average Bonchev–Trinajstić information content (AvgIpc) is 2.99. The Balaban J connectivity index is 1.76. The zero-order valence-corrected chi connectivity index (χ0v) is 24.1. The van der Waals surface area contributed by atoms with E-state index in [-0.39, 0.29) is 31.1 Å². The molecule has 0 aliphatic carbocycles. The number of rotatable bonds is 6. The minimum atomic E-state index is -2.72. The Morgan fingerprint density at radius 2 is 1.94 bits per heavy atom. The Morgan fingerprint density at radius 1 is 1.14 bits per heavy atom. The summed E-state index contributed by atoms with van der Waals surface area (Å²) in [5, 5.41) is 3.00. The van der Waals surface area contributed by atoms with Crippen molar-refractivity contribution in [3.05, 3.63) is 71.7 Å². The molecule has 2 aromatic carbocycles. The molecule has 4 rings (SSSR count). The SMILES string of the molecule is C[S][Sr][c]1cccc(NC(=O)c2c(N3CCCC(F)(F)CC3)ncc(-c3cccc(F)c3)c2C)c1. The molecule has 180 valence electrons. The molecule has 35 heavy (non-hydrogen) atoms. The summed E-state index contributed by atoms with van der Waals surface area (Å²) in [5.74, 6) is -3.08. The van der Waals surface area contributed by atoms with Crippen molar-refractivity contribution in [2.75, 3.05) is 29.6 Å². The number of hydrogen-bond acceptors (Lipinski definition) is 4. The molecular weight excluding hydrogens is 547 g/mol. The first-order chi connectivity index (χ1) is 16.8. The van der Waals surface area contributed by atoms with Crippen molar-refractivity contribution < 1.29 is 18.0 Å². The molecule has 2 heterocycles. The molecule has 1 aliphatic rings. The van der Waals surface area contributed by atoms with Crippen molar-refractivity contribution in [1.82, 2.24) is 4.98 Å². The van der Waals surface area contributed by atoms with Gasteiger partial charge in [0.2, 0.25) is 0 Å². The molecule has 1 N–H and O–H groups in total. The van der Waals surface area contributed by atoms with E-state index >= 15 is 0 Å². The molecule has 1 aliphatic heterocycles. The van der Waals surface area contributed by atoms with Gasteiger partial charge in [-0.1, -0.05) is 0 Å². The Hall–Kier alpha value is -1.52. The summed E-state index contributed by atoms with van der Waals surface area (Å²) in [5.41, 5.74) is 2.89. The van der Waals surface area contributed by atoms with Crippen LogP contribution < -0.4 is 10.8 Å². The Kier molecular flexibility index (Phi) is 8.86. The molecule has 1 aromatic heterocycles. The van der Waals surface area contributed by atoms with Gasteiger partial charge >= 0.3 is 229 Å². The van der Waals surface area contributed by atoms with E-state index in [2.05, 4.69) is 22.6 Å². The maximum absolute atomic E-state index is 14.0. The number of carbonyl (C=O) groups excluding carboxylic acids is 1. The number of halogens is 3. The number of aromatic nitrogens is 1. The number of pyridine rings is 1. The van der Waals surface area contributed by atoms with Crippen molar-refractivity contribution in [2.45, 2.75) is 32.1 Å². The van der Waals surface area contributed by atoms with E-state index in [1.54, 1.807) is 30.2 Å². The summed E-state index contributed by atoms with van der Waals surface area (Å²) in [6.45, 7) is 2.30. The van der Waals surface area contributed by atoms with Crippen molar-refractivity contribution in [3.8, 4) is 11.1 Å². The molecule has 9 heteroatoms. The fourth-order valence-corrected chi connectivity index (χ4v) is 9.59. The molecule has 0 spiro atoms. The number of nitrogens with one attached hydrogen (secondary N) is 1. The van der Waals surface area contributed by atoms with Gasteiger partial charge in [-0.2, -0.15) is 0 Å². The molecule has 4 nitrogen and oxygen atoms in total. The van der Waals surface area contributed by atoms with Gasteiger partial charge < -0.3 is 0 Å². The van der Waals surface area contributed by atoms with Crippen LogP contribution >= 0.6 is 4.75 Å². The predicted molar refractivity (Wildman–Crippen MR) is 139 cm³/mol. The third-order valence-electron chi connectivity index (χ3n) is 6.19. The topological polar surface area (TPSA) is 45.2 Å². The monoisotopic (exact) mass is 573 g/mol. The number of hydrogen-bond donors (Lipinski definition) is 1. The van der Waals surface area contributed by atoms with Crippen LogP contribution in [0.25, 0.3) is 11.1 Å². The summed E-state index contributed by atoms with van der Waals surface area (Å²) in [6, 6.07) is 14.0. The molecule has 0 radical (unpaired) electrons. The van der Waals surface area contributed by atoms with E-state index in [9.17, 15) is 18.0 Å². The number of benzene rings is 2. The van der Waals surface area contributed by atoms with Gasteiger partial charge in [0.1, 0.15) is 0 Å². The minimum absolute atomic E-state index is 0.108. The van der Waals surface area contributed by atoms with Crippen molar-refractivity contribution in [1.29, 1.82) is 0 Å². The number of anilines is 2. The van der Waals surface area contributed by atoms with Gasteiger partial charge in [0.05, 0.1) is 0 Å². The quantitative estimate of drug-likeness (QED) is 0.386. The molecular formula is C26H26F3N3OSSr. The standard InChI is InChI=1S/C25H23F3N3O.CH4S.Sr/c1-17-21(18-7-5-8-19(26)15-18)16-29-23(31-13-6-11-25(27,28)12-14-31)22(17)24(32)30-20-9-3-2-4-10-20;1-2;/h2-3,5,7-10,15-16H,6,11-14H2,1H3,(H,30,32);2H,1H3;/q;;+1/p-1. The molecule has 0 saturated carbocycles. The van der Waals surface area contributed by atoms with Gasteiger partial charge in [-0.3, -0.25) is 0 Å². The normalized spacial score (nSPS) is 15.3. The first-order valence-corrected chi connectivity index (χ1v) is 18.9. The van der Waals surface area contributed by atoms with E-state index in [1.807, 2.05) is 22.9 Å². The van der Waals surface area contributed by atoms with E-state index in [1.165, 1.54) is 12.7 Å². The molecule has 0 atom stereocenters.